The number of carbonyl (C=O) groups is 1. The molecule has 2 rings (SSSR count). The molecule has 1 aromatic rings. The van der Waals surface area contributed by atoms with Gasteiger partial charge >= 0.3 is 5.97 Å². The van der Waals surface area contributed by atoms with Crippen molar-refractivity contribution in [1.29, 1.82) is 0 Å². The number of carbonyl (C=O) groups excluding carboxylic acids is 1. The number of esters is 1. The van der Waals surface area contributed by atoms with Crippen LogP contribution in [0.4, 0.5) is 0 Å². The van der Waals surface area contributed by atoms with Crippen molar-refractivity contribution in [3.63, 3.8) is 0 Å². The van der Waals surface area contributed by atoms with Crippen LogP contribution >= 0.6 is 0 Å². The number of rotatable bonds is 6. The smallest absolute Gasteiger partial charge is 0.305 e. The summed E-state index contributed by atoms with van der Waals surface area (Å²) in [5.74, 6) is 1.45. The highest BCUT2D eigenvalue weighted by Gasteiger charge is 2.23. The van der Waals surface area contributed by atoms with Gasteiger partial charge in [-0.1, -0.05) is 19.1 Å². The van der Waals surface area contributed by atoms with Gasteiger partial charge in [-0.05, 0) is 49.8 Å². The van der Waals surface area contributed by atoms with E-state index < -0.39 is 0 Å². The van der Waals surface area contributed by atoms with Crippen molar-refractivity contribution in [1.82, 2.24) is 0 Å². The Labute approximate surface area is 114 Å². The molecule has 0 saturated heterocycles. The fourth-order valence-electron chi connectivity index (χ4n) is 2.04. The fraction of sp³-hybridized carbons (Fsp3) is 0.562. The lowest BCUT2D eigenvalue weighted by Crippen LogP contribution is -2.21. The number of hydrogen-bond donors (Lipinski definition) is 0. The van der Waals surface area contributed by atoms with Crippen molar-refractivity contribution in [3.8, 4) is 5.75 Å². The van der Waals surface area contributed by atoms with Gasteiger partial charge in [0.25, 0.3) is 0 Å². The van der Waals surface area contributed by atoms with Gasteiger partial charge in [-0.15, -0.1) is 0 Å². The molecule has 1 fully saturated rings. The number of aryl methyl sites for hydroxylation is 1. The summed E-state index contributed by atoms with van der Waals surface area (Å²) >= 11 is 0. The average molecular weight is 262 g/mol. The van der Waals surface area contributed by atoms with Crippen molar-refractivity contribution in [2.24, 2.45) is 0 Å². The molecule has 0 spiro atoms. The SMILES string of the molecule is CCC(=O)OCC(C)Oc1ccc(C2CC2)cc1C. The van der Waals surface area contributed by atoms with E-state index in [9.17, 15) is 4.79 Å². The molecule has 1 aliphatic rings. The molecule has 1 atom stereocenters. The van der Waals surface area contributed by atoms with E-state index in [1.54, 1.807) is 6.92 Å². The predicted octanol–water partition coefficient (Wildman–Crippen LogP) is 3.59. The van der Waals surface area contributed by atoms with Crippen LogP contribution in [0.2, 0.25) is 0 Å². The molecule has 0 aliphatic heterocycles. The van der Waals surface area contributed by atoms with Crippen LogP contribution in [0.1, 0.15) is 50.2 Å². The van der Waals surface area contributed by atoms with Gasteiger partial charge in [0.2, 0.25) is 0 Å². The Bertz CT molecular complexity index is 449. The van der Waals surface area contributed by atoms with Gasteiger partial charge in [-0.3, -0.25) is 4.79 Å². The molecule has 1 unspecified atom stereocenters. The maximum Gasteiger partial charge on any atom is 0.305 e. The van der Waals surface area contributed by atoms with E-state index >= 15 is 0 Å². The highest BCUT2D eigenvalue weighted by Crippen LogP contribution is 2.41. The third-order valence-corrected chi connectivity index (χ3v) is 3.34. The predicted molar refractivity (Wildman–Crippen MR) is 74.5 cm³/mol. The number of hydrogen-bond acceptors (Lipinski definition) is 3. The highest BCUT2D eigenvalue weighted by molar-refractivity contribution is 5.68. The Balaban J connectivity index is 1.89. The van der Waals surface area contributed by atoms with Crippen molar-refractivity contribution < 1.29 is 14.3 Å². The summed E-state index contributed by atoms with van der Waals surface area (Å²) in [5, 5.41) is 0. The lowest BCUT2D eigenvalue weighted by atomic mass is 10.1. The molecule has 0 amide bonds. The van der Waals surface area contributed by atoms with E-state index in [1.807, 2.05) is 13.0 Å². The van der Waals surface area contributed by atoms with Gasteiger partial charge in [-0.25, -0.2) is 0 Å². The normalized spacial score (nSPS) is 15.9. The summed E-state index contributed by atoms with van der Waals surface area (Å²) in [6, 6.07) is 6.38. The first-order valence-corrected chi connectivity index (χ1v) is 7.03. The van der Waals surface area contributed by atoms with Gasteiger partial charge in [0.15, 0.2) is 0 Å². The summed E-state index contributed by atoms with van der Waals surface area (Å²) < 4.78 is 10.9. The number of ether oxygens (including phenoxy) is 2. The zero-order valence-electron chi connectivity index (χ0n) is 11.9. The minimum atomic E-state index is -0.184. The molecule has 19 heavy (non-hydrogen) atoms. The van der Waals surface area contributed by atoms with Gasteiger partial charge in [-0.2, -0.15) is 0 Å². The third kappa shape index (κ3) is 3.98. The van der Waals surface area contributed by atoms with Gasteiger partial charge < -0.3 is 9.47 Å². The minimum Gasteiger partial charge on any atom is -0.487 e. The molecule has 1 aromatic carbocycles. The fourth-order valence-corrected chi connectivity index (χ4v) is 2.04. The van der Waals surface area contributed by atoms with Crippen LogP contribution in [0.5, 0.6) is 5.75 Å². The van der Waals surface area contributed by atoms with Crippen molar-refractivity contribution in [2.75, 3.05) is 6.61 Å². The van der Waals surface area contributed by atoms with Crippen LogP contribution < -0.4 is 4.74 Å². The van der Waals surface area contributed by atoms with Gasteiger partial charge in [0, 0.05) is 6.42 Å². The molecule has 3 heteroatoms. The second kappa shape index (κ2) is 6.09. The Morgan fingerprint density at radius 1 is 1.42 bits per heavy atom. The van der Waals surface area contributed by atoms with Crippen LogP contribution in [-0.4, -0.2) is 18.7 Å². The summed E-state index contributed by atoms with van der Waals surface area (Å²) in [7, 11) is 0. The zero-order chi connectivity index (χ0) is 13.8. The minimum absolute atomic E-state index is 0.124. The molecular formula is C16H22O3. The highest BCUT2D eigenvalue weighted by atomic mass is 16.6. The quantitative estimate of drug-likeness (QED) is 0.735. The lowest BCUT2D eigenvalue weighted by molar-refractivity contribution is -0.145. The summed E-state index contributed by atoms with van der Waals surface area (Å²) in [5.41, 5.74) is 2.56. The zero-order valence-corrected chi connectivity index (χ0v) is 11.9. The summed E-state index contributed by atoms with van der Waals surface area (Å²) in [6.45, 7) is 6.06. The molecule has 3 nitrogen and oxygen atoms in total. The van der Waals surface area contributed by atoms with Crippen LogP contribution in [0.25, 0.3) is 0 Å². The topological polar surface area (TPSA) is 35.5 Å². The molecule has 1 saturated carbocycles. The van der Waals surface area contributed by atoms with E-state index in [-0.39, 0.29) is 12.1 Å². The maximum atomic E-state index is 11.1. The van der Waals surface area contributed by atoms with E-state index in [1.165, 1.54) is 18.4 Å². The molecule has 1 aliphatic carbocycles. The second-order valence-corrected chi connectivity index (χ2v) is 5.26. The molecule has 0 N–H and O–H groups in total. The first kappa shape index (κ1) is 13.9. The lowest BCUT2D eigenvalue weighted by Gasteiger charge is -2.17. The van der Waals surface area contributed by atoms with Gasteiger partial charge in [0.05, 0.1) is 0 Å². The van der Waals surface area contributed by atoms with Crippen LogP contribution in [0.3, 0.4) is 0 Å². The van der Waals surface area contributed by atoms with E-state index in [2.05, 4.69) is 19.1 Å². The van der Waals surface area contributed by atoms with Crippen molar-refractivity contribution >= 4 is 5.97 Å². The molecule has 104 valence electrons. The first-order valence-electron chi connectivity index (χ1n) is 7.03. The van der Waals surface area contributed by atoms with E-state index in [0.717, 1.165) is 17.2 Å². The molecular weight excluding hydrogens is 240 g/mol. The summed E-state index contributed by atoms with van der Waals surface area (Å²) in [4.78, 5) is 11.1. The van der Waals surface area contributed by atoms with Gasteiger partial charge in [0.1, 0.15) is 18.5 Å². The van der Waals surface area contributed by atoms with Crippen LogP contribution in [0.15, 0.2) is 18.2 Å². The largest absolute Gasteiger partial charge is 0.487 e. The molecule has 0 aromatic heterocycles. The Kier molecular flexibility index (Phi) is 4.46. The van der Waals surface area contributed by atoms with E-state index in [4.69, 9.17) is 9.47 Å². The average Bonchev–Trinajstić information content (AvgIpc) is 3.22. The first-order chi connectivity index (χ1) is 9.10. The molecule has 0 bridgehead atoms. The van der Waals surface area contributed by atoms with Crippen LogP contribution in [-0.2, 0) is 9.53 Å². The second-order valence-electron chi connectivity index (χ2n) is 5.26. The Hall–Kier alpha value is -1.51. The van der Waals surface area contributed by atoms with E-state index in [0.29, 0.717) is 13.0 Å². The standard InChI is InChI=1S/C16H22O3/c1-4-16(17)18-10-12(3)19-15-8-7-14(9-11(15)2)13-5-6-13/h7-9,12-13H,4-6,10H2,1-3H3. The number of benzene rings is 1. The van der Waals surface area contributed by atoms with Crippen molar-refractivity contribution in [2.45, 2.75) is 52.1 Å². The summed E-state index contributed by atoms with van der Waals surface area (Å²) in [6.07, 6.45) is 2.90. The maximum absolute atomic E-state index is 11.1. The van der Waals surface area contributed by atoms with Crippen LogP contribution in [0, 0.1) is 6.92 Å². The molecule has 0 radical (unpaired) electrons. The monoisotopic (exact) mass is 262 g/mol. The van der Waals surface area contributed by atoms with Crippen molar-refractivity contribution in [3.05, 3.63) is 29.3 Å². The molecule has 0 heterocycles. The third-order valence-electron chi connectivity index (χ3n) is 3.34. The Morgan fingerprint density at radius 3 is 2.74 bits per heavy atom. The Morgan fingerprint density at radius 2 is 2.16 bits per heavy atom.